The Morgan fingerprint density at radius 1 is 1.32 bits per heavy atom. The van der Waals surface area contributed by atoms with E-state index in [2.05, 4.69) is 41.3 Å². The molecule has 1 aliphatic carbocycles. The number of rotatable bonds is 7. The first-order chi connectivity index (χ1) is 14.9. The average Bonchev–Trinajstić information content (AvgIpc) is 3.15. The molecular weight excluding hydrogens is 408 g/mol. The summed E-state index contributed by atoms with van der Waals surface area (Å²) in [6, 6.07) is 5.17. The van der Waals surface area contributed by atoms with Crippen LogP contribution >= 0.6 is 11.3 Å². The number of nitrogens with one attached hydrogen (secondary N) is 1. The van der Waals surface area contributed by atoms with Crippen molar-refractivity contribution in [2.45, 2.75) is 53.4 Å². The van der Waals surface area contributed by atoms with Gasteiger partial charge < -0.3 is 9.84 Å². The minimum atomic E-state index is 0.124. The van der Waals surface area contributed by atoms with Crippen LogP contribution < -0.4 is 10.2 Å². The van der Waals surface area contributed by atoms with Crippen molar-refractivity contribution in [2.24, 2.45) is 16.4 Å². The fourth-order valence-corrected chi connectivity index (χ4v) is 5.38. The van der Waals surface area contributed by atoms with Crippen LogP contribution in [0, 0.1) is 11.3 Å². The monoisotopic (exact) mass is 438 g/mol. The molecule has 2 aromatic heterocycles. The zero-order chi connectivity index (χ0) is 22.0. The highest BCUT2D eigenvalue weighted by atomic mass is 32.1. The highest BCUT2D eigenvalue weighted by Gasteiger charge is 2.33. The van der Waals surface area contributed by atoms with E-state index in [1.807, 2.05) is 6.92 Å². The van der Waals surface area contributed by atoms with E-state index in [9.17, 15) is 5.11 Å². The van der Waals surface area contributed by atoms with Gasteiger partial charge in [-0.1, -0.05) is 27.2 Å². The molecule has 1 atom stereocenters. The van der Waals surface area contributed by atoms with Crippen molar-refractivity contribution >= 4 is 33.6 Å². The Kier molecular flexibility index (Phi) is 6.14. The van der Waals surface area contributed by atoms with Gasteiger partial charge in [0, 0.05) is 4.88 Å². The lowest BCUT2D eigenvalue weighted by Crippen LogP contribution is -2.28. The van der Waals surface area contributed by atoms with Crippen molar-refractivity contribution in [3.8, 4) is 11.5 Å². The molecule has 4 rings (SSSR count). The molecule has 2 heterocycles. The summed E-state index contributed by atoms with van der Waals surface area (Å²) in [6.07, 6.45) is 7.90. The van der Waals surface area contributed by atoms with Crippen LogP contribution in [0.15, 0.2) is 29.6 Å². The Morgan fingerprint density at radius 2 is 2.16 bits per heavy atom. The number of ether oxygens (including phenoxy) is 1. The maximum atomic E-state index is 9.87. The maximum absolute atomic E-state index is 9.87. The van der Waals surface area contributed by atoms with E-state index < -0.39 is 0 Å². The van der Waals surface area contributed by atoms with E-state index in [1.165, 1.54) is 23.3 Å². The summed E-state index contributed by atoms with van der Waals surface area (Å²) in [5, 5.41) is 15.4. The molecule has 0 amide bonds. The van der Waals surface area contributed by atoms with Gasteiger partial charge in [-0.3, -0.25) is 5.43 Å². The number of aromatic nitrogens is 2. The molecule has 2 N–H and O–H groups in total. The lowest BCUT2D eigenvalue weighted by Gasteiger charge is -2.36. The first kappa shape index (κ1) is 21.6. The Hall–Kier alpha value is -2.67. The van der Waals surface area contributed by atoms with Crippen molar-refractivity contribution in [3.63, 3.8) is 0 Å². The smallest absolute Gasteiger partial charge is 0.161 e. The van der Waals surface area contributed by atoms with Gasteiger partial charge in [-0.05, 0) is 66.8 Å². The van der Waals surface area contributed by atoms with Gasteiger partial charge in [-0.2, -0.15) is 5.10 Å². The van der Waals surface area contributed by atoms with E-state index in [0.29, 0.717) is 23.7 Å². The molecule has 31 heavy (non-hydrogen) atoms. The minimum Gasteiger partial charge on any atom is -0.504 e. The van der Waals surface area contributed by atoms with Crippen LogP contribution in [0.1, 0.15) is 56.5 Å². The number of anilines is 1. The normalized spacial score (nSPS) is 16.6. The minimum absolute atomic E-state index is 0.124. The number of nitrogens with zero attached hydrogens (tertiary/aromatic N) is 3. The van der Waals surface area contributed by atoms with Crippen LogP contribution in [0.3, 0.4) is 0 Å². The van der Waals surface area contributed by atoms with E-state index in [4.69, 9.17) is 4.74 Å². The summed E-state index contributed by atoms with van der Waals surface area (Å²) < 4.78 is 5.45. The number of hydrogen-bond donors (Lipinski definition) is 2. The lowest BCUT2D eigenvalue weighted by molar-refractivity contribution is 0.184. The number of thiophene rings is 1. The van der Waals surface area contributed by atoms with Crippen LogP contribution in [0.5, 0.6) is 11.5 Å². The van der Waals surface area contributed by atoms with Crippen LogP contribution in [0.4, 0.5) is 5.82 Å². The average molecular weight is 439 g/mol. The maximum Gasteiger partial charge on any atom is 0.161 e. The number of phenols is 1. The second-order valence-corrected chi connectivity index (χ2v) is 9.80. The molecule has 0 bridgehead atoms. The van der Waals surface area contributed by atoms with Crippen LogP contribution in [-0.2, 0) is 12.8 Å². The lowest BCUT2D eigenvalue weighted by atomic mass is 9.69. The number of aromatic hydroxyl groups is 1. The molecule has 1 unspecified atom stereocenters. The highest BCUT2D eigenvalue weighted by Crippen LogP contribution is 2.45. The van der Waals surface area contributed by atoms with Gasteiger partial charge in [0.05, 0.1) is 18.2 Å². The second kappa shape index (κ2) is 8.83. The van der Waals surface area contributed by atoms with Crippen LogP contribution in [-0.4, -0.2) is 27.9 Å². The van der Waals surface area contributed by atoms with Gasteiger partial charge in [0.1, 0.15) is 11.2 Å². The second-order valence-electron chi connectivity index (χ2n) is 8.72. The van der Waals surface area contributed by atoms with E-state index in [-0.39, 0.29) is 5.75 Å². The molecule has 0 spiro atoms. The molecule has 0 fully saturated rings. The highest BCUT2D eigenvalue weighted by molar-refractivity contribution is 7.19. The molecule has 0 aliphatic heterocycles. The summed E-state index contributed by atoms with van der Waals surface area (Å²) in [4.78, 5) is 11.5. The molecule has 1 aromatic carbocycles. The Labute approximate surface area is 187 Å². The number of fused-ring (bicyclic) bond motifs is 3. The van der Waals surface area contributed by atoms with E-state index in [0.717, 1.165) is 34.4 Å². The van der Waals surface area contributed by atoms with Crippen molar-refractivity contribution in [3.05, 3.63) is 40.5 Å². The van der Waals surface area contributed by atoms with Crippen molar-refractivity contribution in [1.82, 2.24) is 9.97 Å². The number of hydrazone groups is 1. The number of hydrogen-bond acceptors (Lipinski definition) is 7. The molecular formula is C24H30N4O2S. The number of phenolic OH excluding ortho intramolecular Hbond substituents is 1. The van der Waals surface area contributed by atoms with E-state index in [1.54, 1.807) is 42.1 Å². The van der Waals surface area contributed by atoms with Gasteiger partial charge in [0.15, 0.2) is 17.3 Å². The molecule has 1 aliphatic rings. The van der Waals surface area contributed by atoms with Crippen molar-refractivity contribution < 1.29 is 9.84 Å². The SMILES string of the molecule is CCOc1cc(/C=N/Nc2ncnc3sc4c(c23)CC(C(C)(C)CC)CC4)ccc1O. The van der Waals surface area contributed by atoms with Gasteiger partial charge in [-0.15, -0.1) is 11.3 Å². The molecule has 6 nitrogen and oxygen atoms in total. The molecule has 0 saturated heterocycles. The molecule has 7 heteroatoms. The zero-order valence-electron chi connectivity index (χ0n) is 18.6. The summed E-state index contributed by atoms with van der Waals surface area (Å²) in [7, 11) is 0. The predicted octanol–water partition coefficient (Wildman–Crippen LogP) is 5.78. The van der Waals surface area contributed by atoms with Gasteiger partial charge in [0.25, 0.3) is 0 Å². The summed E-state index contributed by atoms with van der Waals surface area (Å²) in [6.45, 7) is 9.42. The van der Waals surface area contributed by atoms with Crippen LogP contribution in [0.25, 0.3) is 10.2 Å². The Morgan fingerprint density at radius 3 is 2.94 bits per heavy atom. The largest absolute Gasteiger partial charge is 0.504 e. The fourth-order valence-electron chi connectivity index (χ4n) is 4.20. The Bertz CT molecular complexity index is 1110. The van der Waals surface area contributed by atoms with Gasteiger partial charge in [-0.25, -0.2) is 9.97 Å². The summed E-state index contributed by atoms with van der Waals surface area (Å²) in [5.74, 6) is 1.98. The van der Waals surface area contributed by atoms with Crippen molar-refractivity contribution in [1.29, 1.82) is 0 Å². The number of aryl methyl sites for hydroxylation is 1. The predicted molar refractivity (Wildman–Crippen MR) is 127 cm³/mol. The molecule has 0 radical (unpaired) electrons. The standard InChI is InChI=1S/C24H30N4O2S/c1-5-24(3,4)16-8-10-20-17(12-16)21-22(25-14-26-23(21)31-20)28-27-13-15-7-9-18(29)19(11-15)30-6-2/h7,9,11,13-14,16,29H,5-6,8,10,12H2,1-4H3,(H,25,26,28)/b27-13+. The van der Waals surface area contributed by atoms with Crippen LogP contribution in [0.2, 0.25) is 0 Å². The molecule has 164 valence electrons. The van der Waals surface area contributed by atoms with Gasteiger partial charge >= 0.3 is 0 Å². The molecule has 3 aromatic rings. The topological polar surface area (TPSA) is 79.6 Å². The summed E-state index contributed by atoms with van der Waals surface area (Å²) in [5.41, 5.74) is 5.67. The third-order valence-corrected chi connectivity index (χ3v) is 7.73. The zero-order valence-corrected chi connectivity index (χ0v) is 19.4. The molecule has 0 saturated carbocycles. The quantitative estimate of drug-likeness (QED) is 0.361. The summed E-state index contributed by atoms with van der Waals surface area (Å²) >= 11 is 1.79. The number of benzene rings is 1. The van der Waals surface area contributed by atoms with Crippen molar-refractivity contribution in [2.75, 3.05) is 12.0 Å². The fraction of sp³-hybridized carbons (Fsp3) is 0.458. The third kappa shape index (κ3) is 4.37. The first-order valence-electron chi connectivity index (χ1n) is 10.9. The Balaban J connectivity index is 1.60. The first-order valence-corrected chi connectivity index (χ1v) is 11.7. The van der Waals surface area contributed by atoms with Gasteiger partial charge in [0.2, 0.25) is 0 Å². The van der Waals surface area contributed by atoms with E-state index >= 15 is 0 Å². The third-order valence-electron chi connectivity index (χ3n) is 6.53.